The number of rotatable bonds is 2. The van der Waals surface area contributed by atoms with E-state index in [0.717, 1.165) is 0 Å². The van der Waals surface area contributed by atoms with Crippen LogP contribution in [0.25, 0.3) is 0 Å². The minimum Gasteiger partial charge on any atom is -0.474 e. The van der Waals surface area contributed by atoms with E-state index in [1.807, 2.05) is 0 Å². The van der Waals surface area contributed by atoms with Crippen LogP contribution in [0.15, 0.2) is 11.8 Å². The first-order chi connectivity index (χ1) is 3.92. The van der Waals surface area contributed by atoms with Crippen molar-refractivity contribution in [3.8, 4) is 0 Å². The van der Waals surface area contributed by atoms with Gasteiger partial charge < -0.3 is 4.74 Å². The first-order valence-electron chi connectivity index (χ1n) is 1.96. The lowest BCUT2D eigenvalue weighted by Gasteiger charge is -2.05. The van der Waals surface area contributed by atoms with Gasteiger partial charge in [-0.15, -0.1) is 0 Å². The van der Waals surface area contributed by atoms with Crippen LogP contribution in [0.4, 0.5) is 13.2 Å². The van der Waals surface area contributed by atoms with Gasteiger partial charge in [-0.3, -0.25) is 0 Å². The second kappa shape index (κ2) is 2.96. The van der Waals surface area contributed by atoms with Crippen LogP contribution < -0.4 is 0 Å². The smallest absolute Gasteiger partial charge is 0.422 e. The van der Waals surface area contributed by atoms with Gasteiger partial charge in [0.2, 0.25) is 0 Å². The van der Waals surface area contributed by atoms with E-state index in [9.17, 15) is 13.2 Å². The molecule has 0 aromatic rings. The molecule has 0 aliphatic rings. The summed E-state index contributed by atoms with van der Waals surface area (Å²) in [6.45, 7) is 1.52. The molecule has 0 atom stereocenters. The zero-order chi connectivity index (χ0) is 7.49. The van der Waals surface area contributed by atoms with Crippen LogP contribution in [-0.2, 0) is 4.74 Å². The Balaban J connectivity index is 3.39. The Morgan fingerprint density at radius 2 is 2.00 bits per heavy atom. The molecule has 0 heterocycles. The third kappa shape index (κ3) is 7.62. The summed E-state index contributed by atoms with van der Waals surface area (Å²) >= 11 is 4.87. The molecular weight excluding hydrogens is 156 g/mol. The summed E-state index contributed by atoms with van der Waals surface area (Å²) in [5.41, 5.74) is 0. The topological polar surface area (TPSA) is 9.23 Å². The number of hydrogen-bond acceptors (Lipinski definition) is 1. The Morgan fingerprint density at radius 1 is 1.56 bits per heavy atom. The Kier molecular flexibility index (Phi) is 2.84. The minimum absolute atomic E-state index is 0.452. The van der Waals surface area contributed by atoms with E-state index in [1.54, 1.807) is 0 Å². The van der Waals surface area contributed by atoms with E-state index in [1.165, 1.54) is 0 Å². The molecule has 0 saturated carbocycles. The predicted octanol–water partition coefficient (Wildman–Crippen LogP) is 2.28. The van der Waals surface area contributed by atoms with Gasteiger partial charge in [0.25, 0.3) is 0 Å². The lowest BCUT2D eigenvalue weighted by atomic mass is 10.7. The summed E-state index contributed by atoms with van der Waals surface area (Å²) in [7, 11) is 0. The van der Waals surface area contributed by atoms with E-state index in [0.29, 0.717) is 0 Å². The molecule has 0 aromatic carbocycles. The van der Waals surface area contributed by atoms with Gasteiger partial charge in [0, 0.05) is 0 Å². The number of hydrogen-bond donors (Lipinski definition) is 0. The van der Waals surface area contributed by atoms with Gasteiger partial charge >= 0.3 is 6.18 Å². The highest BCUT2D eigenvalue weighted by molar-refractivity contribution is 6.27. The summed E-state index contributed by atoms with van der Waals surface area (Å²) in [6, 6.07) is 0. The maximum Gasteiger partial charge on any atom is 0.422 e. The highest BCUT2D eigenvalue weighted by atomic mass is 35.5. The highest BCUT2D eigenvalue weighted by Crippen LogP contribution is 2.16. The molecule has 5 heteroatoms. The Bertz CT molecular complexity index is 109. The number of halogens is 4. The maximum absolute atomic E-state index is 11.2. The summed E-state index contributed by atoms with van der Waals surface area (Å²) in [6.07, 6.45) is -4.34. The molecule has 0 fully saturated rings. The van der Waals surface area contributed by atoms with Gasteiger partial charge in [0.05, 0.1) is 0 Å². The van der Waals surface area contributed by atoms with Gasteiger partial charge in [-0.25, -0.2) is 0 Å². The van der Waals surface area contributed by atoms with E-state index in [2.05, 4.69) is 11.3 Å². The first kappa shape index (κ1) is 8.62. The van der Waals surface area contributed by atoms with Crippen molar-refractivity contribution in [3.05, 3.63) is 11.8 Å². The monoisotopic (exact) mass is 160 g/mol. The fourth-order valence-corrected chi connectivity index (χ4v) is 0.215. The highest BCUT2D eigenvalue weighted by Gasteiger charge is 2.28. The molecule has 54 valence electrons. The zero-order valence-electron chi connectivity index (χ0n) is 4.33. The molecule has 0 rings (SSSR count). The third-order valence-corrected chi connectivity index (χ3v) is 0.502. The lowest BCUT2D eigenvalue weighted by molar-refractivity contribution is -0.162. The van der Waals surface area contributed by atoms with Crippen molar-refractivity contribution in [2.45, 2.75) is 6.18 Å². The van der Waals surface area contributed by atoms with Crippen LogP contribution in [0, 0.1) is 0 Å². The van der Waals surface area contributed by atoms with Crippen LogP contribution >= 0.6 is 11.6 Å². The fraction of sp³-hybridized carbons (Fsp3) is 0.500. The van der Waals surface area contributed by atoms with E-state index >= 15 is 0 Å². The van der Waals surface area contributed by atoms with E-state index in [4.69, 9.17) is 11.6 Å². The molecule has 1 nitrogen and oxygen atoms in total. The zero-order valence-corrected chi connectivity index (χ0v) is 5.09. The molecular formula is C4H4ClF3O. The molecule has 0 unspecified atom stereocenters. The molecule has 0 aromatic heterocycles. The van der Waals surface area contributed by atoms with E-state index in [-0.39, 0.29) is 0 Å². The normalized spacial score (nSPS) is 11.1. The standard InChI is InChI=1S/C4H4ClF3O/c1-3(5)9-2-4(6,7)8/h1-2H2. The van der Waals surface area contributed by atoms with Crippen LogP contribution in [-0.4, -0.2) is 12.8 Å². The van der Waals surface area contributed by atoms with Gasteiger partial charge in [-0.05, 0) is 18.2 Å². The number of ether oxygens (including phenoxy) is 1. The SMILES string of the molecule is C=C(Cl)OCC(F)(F)F. The molecule has 0 N–H and O–H groups in total. The fourth-order valence-electron chi connectivity index (χ4n) is 0.160. The lowest BCUT2D eigenvalue weighted by Crippen LogP contribution is -2.15. The molecule has 0 saturated heterocycles. The first-order valence-corrected chi connectivity index (χ1v) is 2.33. The van der Waals surface area contributed by atoms with Crippen LogP contribution in [0.1, 0.15) is 0 Å². The average Bonchev–Trinajstić information content (AvgIpc) is 1.59. The van der Waals surface area contributed by atoms with Gasteiger partial charge in [0.1, 0.15) is 0 Å². The number of alkyl halides is 3. The largest absolute Gasteiger partial charge is 0.474 e. The van der Waals surface area contributed by atoms with Crippen LogP contribution in [0.3, 0.4) is 0 Å². The van der Waals surface area contributed by atoms with Crippen LogP contribution in [0.2, 0.25) is 0 Å². The summed E-state index contributed by atoms with van der Waals surface area (Å²) < 4.78 is 37.4. The van der Waals surface area contributed by atoms with Gasteiger partial charge in [0.15, 0.2) is 11.8 Å². The summed E-state index contributed by atoms with van der Waals surface area (Å²) in [5.74, 6) is 0. The van der Waals surface area contributed by atoms with Crippen molar-refractivity contribution in [3.63, 3.8) is 0 Å². The Morgan fingerprint density at radius 3 is 2.11 bits per heavy atom. The molecule has 0 aliphatic heterocycles. The molecule has 0 bridgehead atoms. The van der Waals surface area contributed by atoms with Crippen molar-refractivity contribution < 1.29 is 17.9 Å². The predicted molar refractivity (Wildman–Crippen MR) is 27.0 cm³/mol. The van der Waals surface area contributed by atoms with Crippen molar-refractivity contribution in [2.24, 2.45) is 0 Å². The second-order valence-corrected chi connectivity index (χ2v) is 1.68. The third-order valence-electron chi connectivity index (χ3n) is 0.392. The quantitative estimate of drug-likeness (QED) is 0.563. The van der Waals surface area contributed by atoms with Crippen molar-refractivity contribution in [1.82, 2.24) is 0 Å². The minimum atomic E-state index is -4.34. The summed E-state index contributed by atoms with van der Waals surface area (Å²) in [4.78, 5) is 0. The molecule has 0 amide bonds. The second-order valence-electron chi connectivity index (χ2n) is 1.26. The Labute approximate surface area is 55.1 Å². The molecule has 0 aliphatic carbocycles. The van der Waals surface area contributed by atoms with Gasteiger partial charge in [-0.1, -0.05) is 0 Å². The Hall–Kier alpha value is -0.380. The van der Waals surface area contributed by atoms with Crippen LogP contribution in [0.5, 0.6) is 0 Å². The van der Waals surface area contributed by atoms with Gasteiger partial charge in [-0.2, -0.15) is 13.2 Å². The molecule has 0 spiro atoms. The maximum atomic E-state index is 11.2. The van der Waals surface area contributed by atoms with Crippen molar-refractivity contribution >= 4 is 11.6 Å². The van der Waals surface area contributed by atoms with E-state index < -0.39 is 18.0 Å². The van der Waals surface area contributed by atoms with Crippen molar-refractivity contribution in [2.75, 3.05) is 6.61 Å². The molecule has 9 heavy (non-hydrogen) atoms. The summed E-state index contributed by atoms with van der Waals surface area (Å²) in [5, 5.41) is -0.452. The molecule has 0 radical (unpaired) electrons. The van der Waals surface area contributed by atoms with Crippen molar-refractivity contribution in [1.29, 1.82) is 0 Å². The average molecular weight is 161 g/mol.